The number of fused-ring (bicyclic) bond motifs is 4. The number of halogens is 2. The fourth-order valence-electron chi connectivity index (χ4n) is 4.01. The van der Waals surface area contributed by atoms with Crippen molar-refractivity contribution in [2.24, 2.45) is 0 Å². The van der Waals surface area contributed by atoms with Gasteiger partial charge in [-0.2, -0.15) is 0 Å². The summed E-state index contributed by atoms with van der Waals surface area (Å²) in [5.74, 6) is -3.71. The maximum atomic E-state index is 13.8. The number of carbonyl (C=O) groups is 2. The fourth-order valence-corrected chi connectivity index (χ4v) is 4.01. The topological polar surface area (TPSA) is 94.9 Å². The second-order valence-corrected chi connectivity index (χ2v) is 8.35. The van der Waals surface area contributed by atoms with Crippen molar-refractivity contribution in [2.75, 3.05) is 18.2 Å². The minimum absolute atomic E-state index is 0.0394. The Morgan fingerprint density at radius 1 is 1.26 bits per heavy atom. The Labute approximate surface area is 176 Å². The summed E-state index contributed by atoms with van der Waals surface area (Å²) in [5.41, 5.74) is -1.97. The number of amides is 2. The maximum absolute atomic E-state index is 13.8. The van der Waals surface area contributed by atoms with E-state index in [0.717, 1.165) is 18.9 Å². The number of aromatic hydroxyl groups is 1. The number of nitrogens with one attached hydrogen (secondary N) is 1. The van der Waals surface area contributed by atoms with Gasteiger partial charge in [-0.05, 0) is 32.8 Å². The van der Waals surface area contributed by atoms with Crippen LogP contribution in [0, 0.1) is 11.6 Å². The normalized spacial score (nSPS) is 17.2. The SMILES string of the molecule is CC1(C)CCCN2CN1C(=O)c1c(O)c(=O)c(C(=O)NCc3ccc(F)cc3F)cn12. The number of rotatable bonds is 3. The van der Waals surface area contributed by atoms with Gasteiger partial charge in [0.2, 0.25) is 5.43 Å². The lowest BCUT2D eigenvalue weighted by molar-refractivity contribution is 0.0480. The highest BCUT2D eigenvalue weighted by Gasteiger charge is 2.42. The second-order valence-electron chi connectivity index (χ2n) is 8.35. The molecule has 2 N–H and O–H groups in total. The first-order valence-corrected chi connectivity index (χ1v) is 9.88. The smallest absolute Gasteiger partial charge is 0.278 e. The van der Waals surface area contributed by atoms with Crippen LogP contribution in [-0.2, 0) is 6.54 Å². The number of nitrogens with zero attached hydrogens (tertiary/aromatic N) is 3. The van der Waals surface area contributed by atoms with E-state index in [1.165, 1.54) is 16.9 Å². The highest BCUT2D eigenvalue weighted by atomic mass is 19.1. The van der Waals surface area contributed by atoms with Gasteiger partial charge in [-0.25, -0.2) is 8.78 Å². The fraction of sp³-hybridized carbons (Fsp3) is 0.381. The number of pyridine rings is 1. The van der Waals surface area contributed by atoms with Crippen LogP contribution in [0.2, 0.25) is 0 Å². The van der Waals surface area contributed by atoms with Crippen molar-refractivity contribution in [3.8, 4) is 5.75 Å². The molecule has 8 nitrogen and oxygen atoms in total. The van der Waals surface area contributed by atoms with Crippen LogP contribution in [0.15, 0.2) is 29.2 Å². The van der Waals surface area contributed by atoms with Crippen LogP contribution in [0.3, 0.4) is 0 Å². The monoisotopic (exact) mass is 432 g/mol. The number of carbonyl (C=O) groups excluding carboxylic acids is 2. The van der Waals surface area contributed by atoms with Gasteiger partial charge in [0, 0.05) is 36.5 Å². The van der Waals surface area contributed by atoms with Crippen molar-refractivity contribution < 1.29 is 23.5 Å². The molecule has 3 heterocycles. The van der Waals surface area contributed by atoms with E-state index >= 15 is 0 Å². The predicted octanol–water partition coefficient (Wildman–Crippen LogP) is 1.69. The first kappa shape index (κ1) is 20.8. The molecule has 2 aliphatic rings. The van der Waals surface area contributed by atoms with Crippen LogP contribution in [0.1, 0.15) is 53.1 Å². The summed E-state index contributed by atoms with van der Waals surface area (Å²) in [5, 5.41) is 14.7. The quantitative estimate of drug-likeness (QED) is 0.770. The minimum Gasteiger partial charge on any atom is -0.502 e. The first-order chi connectivity index (χ1) is 14.6. The average molecular weight is 432 g/mol. The first-order valence-electron chi connectivity index (χ1n) is 9.88. The molecular weight excluding hydrogens is 410 g/mol. The van der Waals surface area contributed by atoms with Gasteiger partial charge in [-0.3, -0.25) is 24.1 Å². The lowest BCUT2D eigenvalue weighted by Crippen LogP contribution is -2.58. The van der Waals surface area contributed by atoms with Gasteiger partial charge < -0.3 is 15.3 Å². The Hall–Kier alpha value is -3.43. The Balaban J connectivity index is 1.68. The average Bonchev–Trinajstić information content (AvgIpc) is 2.84. The molecule has 0 spiro atoms. The van der Waals surface area contributed by atoms with E-state index in [-0.39, 0.29) is 30.0 Å². The number of aromatic nitrogens is 1. The molecule has 0 unspecified atom stereocenters. The molecule has 31 heavy (non-hydrogen) atoms. The van der Waals surface area contributed by atoms with Gasteiger partial charge in [0.25, 0.3) is 11.8 Å². The molecule has 2 aromatic rings. The van der Waals surface area contributed by atoms with Gasteiger partial charge in [-0.15, -0.1) is 0 Å². The summed E-state index contributed by atoms with van der Waals surface area (Å²) in [6.45, 7) is 4.39. The largest absolute Gasteiger partial charge is 0.502 e. The molecule has 2 bridgehead atoms. The van der Waals surface area contributed by atoms with Crippen LogP contribution < -0.4 is 15.8 Å². The van der Waals surface area contributed by atoms with E-state index < -0.39 is 40.2 Å². The van der Waals surface area contributed by atoms with Gasteiger partial charge in [0.05, 0.1) is 0 Å². The summed E-state index contributed by atoms with van der Waals surface area (Å²) in [7, 11) is 0. The van der Waals surface area contributed by atoms with Crippen LogP contribution in [0.25, 0.3) is 0 Å². The summed E-state index contributed by atoms with van der Waals surface area (Å²) in [4.78, 5) is 40.0. The molecule has 164 valence electrons. The van der Waals surface area contributed by atoms with Crippen LogP contribution in [0.4, 0.5) is 8.78 Å². The van der Waals surface area contributed by atoms with Gasteiger partial charge >= 0.3 is 0 Å². The molecule has 1 aromatic heterocycles. The van der Waals surface area contributed by atoms with Crippen LogP contribution in [0.5, 0.6) is 5.75 Å². The third-order valence-corrected chi connectivity index (χ3v) is 5.86. The number of hydrogen-bond acceptors (Lipinski definition) is 5. The lowest BCUT2D eigenvalue weighted by atomic mass is 9.96. The van der Waals surface area contributed by atoms with E-state index in [1.807, 2.05) is 13.8 Å². The summed E-state index contributed by atoms with van der Waals surface area (Å²) in [6.07, 6.45) is 2.74. The molecule has 1 saturated heterocycles. The van der Waals surface area contributed by atoms with Gasteiger partial charge in [0.1, 0.15) is 23.9 Å². The zero-order chi connectivity index (χ0) is 22.5. The Morgan fingerprint density at radius 3 is 2.71 bits per heavy atom. The third kappa shape index (κ3) is 3.51. The minimum atomic E-state index is -0.990. The molecule has 0 saturated carbocycles. The zero-order valence-electron chi connectivity index (χ0n) is 17.1. The molecule has 2 amide bonds. The summed E-state index contributed by atoms with van der Waals surface area (Å²) < 4.78 is 28.2. The van der Waals surface area contributed by atoms with Gasteiger partial charge in [0.15, 0.2) is 11.4 Å². The second kappa shape index (κ2) is 7.36. The van der Waals surface area contributed by atoms with Crippen molar-refractivity contribution in [3.05, 3.63) is 63.1 Å². The third-order valence-electron chi connectivity index (χ3n) is 5.86. The Bertz CT molecular complexity index is 1140. The van der Waals surface area contributed by atoms with Crippen LogP contribution >= 0.6 is 0 Å². The molecule has 1 aromatic carbocycles. The van der Waals surface area contributed by atoms with Crippen molar-refractivity contribution >= 4 is 11.8 Å². The van der Waals surface area contributed by atoms with E-state index in [9.17, 15) is 28.3 Å². The summed E-state index contributed by atoms with van der Waals surface area (Å²) in [6, 6.07) is 2.94. The molecule has 10 heteroatoms. The van der Waals surface area contributed by atoms with E-state index in [2.05, 4.69) is 5.32 Å². The molecular formula is C21H22F2N4O4. The van der Waals surface area contributed by atoms with Crippen molar-refractivity contribution in [3.63, 3.8) is 0 Å². The Kier molecular flexibility index (Phi) is 4.95. The molecule has 2 aliphatic heterocycles. The van der Waals surface area contributed by atoms with E-state index in [0.29, 0.717) is 12.6 Å². The lowest BCUT2D eigenvalue weighted by Gasteiger charge is -2.43. The van der Waals surface area contributed by atoms with Crippen molar-refractivity contribution in [1.82, 2.24) is 14.9 Å². The van der Waals surface area contributed by atoms with E-state index in [4.69, 9.17) is 0 Å². The summed E-state index contributed by atoms with van der Waals surface area (Å²) >= 11 is 0. The number of hydrogen-bond donors (Lipinski definition) is 2. The molecule has 0 radical (unpaired) electrons. The highest BCUT2D eigenvalue weighted by molar-refractivity contribution is 5.99. The maximum Gasteiger partial charge on any atom is 0.278 e. The number of benzene rings is 1. The molecule has 0 atom stereocenters. The van der Waals surface area contributed by atoms with E-state index in [1.54, 1.807) is 9.91 Å². The predicted molar refractivity (Wildman–Crippen MR) is 107 cm³/mol. The highest BCUT2D eigenvalue weighted by Crippen LogP contribution is 2.31. The van der Waals surface area contributed by atoms with Crippen LogP contribution in [-0.4, -0.2) is 45.2 Å². The zero-order valence-corrected chi connectivity index (χ0v) is 17.1. The standard InChI is InChI=1S/C21H22F2N4O4/c1-21(2)6-3-7-25-11-26(21)20(31)16-18(29)17(28)14(10-27(16)25)19(30)24-9-12-4-5-13(22)8-15(12)23/h4-5,8,10,29H,3,6-7,9,11H2,1-2H3,(H,24,30). The van der Waals surface area contributed by atoms with Crippen molar-refractivity contribution in [1.29, 1.82) is 0 Å². The Morgan fingerprint density at radius 2 is 2.00 bits per heavy atom. The van der Waals surface area contributed by atoms with Crippen molar-refractivity contribution in [2.45, 2.75) is 38.8 Å². The molecule has 4 rings (SSSR count). The molecule has 0 aliphatic carbocycles. The van der Waals surface area contributed by atoms with Gasteiger partial charge in [-0.1, -0.05) is 6.07 Å². The molecule has 1 fully saturated rings.